The number of ether oxygens (including phenoxy) is 2. The first-order valence-electron chi connectivity index (χ1n) is 4.68. The summed E-state index contributed by atoms with van der Waals surface area (Å²) in [6, 6.07) is 3.86. The minimum Gasteiger partial charge on any atom is -0.481 e. The number of rotatable bonds is 2. The van der Waals surface area contributed by atoms with E-state index in [0.29, 0.717) is 5.88 Å². The number of nitrogens with two attached hydrogens (primary N) is 1. The largest absolute Gasteiger partial charge is 0.481 e. The molecule has 1 aliphatic heterocycles. The molecule has 0 radical (unpaired) electrons. The zero-order chi connectivity index (χ0) is 9.97. The van der Waals surface area contributed by atoms with Gasteiger partial charge < -0.3 is 15.2 Å². The minimum absolute atomic E-state index is 0. The van der Waals surface area contributed by atoms with Crippen LogP contribution in [0.3, 0.4) is 0 Å². The van der Waals surface area contributed by atoms with Crippen molar-refractivity contribution in [2.24, 2.45) is 5.73 Å². The zero-order valence-electron chi connectivity index (χ0n) is 8.96. The fourth-order valence-electron chi connectivity index (χ4n) is 1.63. The quantitative estimate of drug-likeness (QED) is 0.886. The van der Waals surface area contributed by atoms with Crippen LogP contribution in [-0.2, 0) is 4.74 Å². The first-order valence-corrected chi connectivity index (χ1v) is 4.68. The van der Waals surface area contributed by atoms with E-state index in [4.69, 9.17) is 15.2 Å². The van der Waals surface area contributed by atoms with Crippen LogP contribution in [0.15, 0.2) is 18.3 Å². The molecule has 0 bridgehead atoms. The van der Waals surface area contributed by atoms with E-state index in [1.54, 1.807) is 13.3 Å². The van der Waals surface area contributed by atoms with Crippen LogP contribution in [0.4, 0.5) is 0 Å². The van der Waals surface area contributed by atoms with Crippen molar-refractivity contribution in [2.45, 2.75) is 18.6 Å². The first kappa shape index (κ1) is 15.4. The van der Waals surface area contributed by atoms with Crippen LogP contribution >= 0.6 is 24.8 Å². The molecule has 1 aromatic heterocycles. The Balaban J connectivity index is 0.00000112. The third-order valence-electron chi connectivity index (χ3n) is 2.43. The van der Waals surface area contributed by atoms with Gasteiger partial charge in [-0.15, -0.1) is 24.8 Å². The molecule has 0 aliphatic carbocycles. The third-order valence-corrected chi connectivity index (χ3v) is 2.43. The van der Waals surface area contributed by atoms with E-state index in [9.17, 15) is 0 Å². The lowest BCUT2D eigenvalue weighted by molar-refractivity contribution is 0.105. The fourth-order valence-corrected chi connectivity index (χ4v) is 1.63. The second kappa shape index (κ2) is 6.91. The van der Waals surface area contributed by atoms with Gasteiger partial charge in [0.1, 0.15) is 0 Å². The van der Waals surface area contributed by atoms with Crippen LogP contribution in [0.1, 0.15) is 18.1 Å². The van der Waals surface area contributed by atoms with Gasteiger partial charge >= 0.3 is 0 Å². The number of halogens is 2. The van der Waals surface area contributed by atoms with Crippen LogP contribution in [0.25, 0.3) is 0 Å². The van der Waals surface area contributed by atoms with E-state index in [1.807, 2.05) is 12.1 Å². The van der Waals surface area contributed by atoms with Crippen molar-refractivity contribution in [2.75, 3.05) is 13.7 Å². The molecule has 0 unspecified atom stereocenters. The van der Waals surface area contributed by atoms with Gasteiger partial charge in [0.15, 0.2) is 0 Å². The highest BCUT2D eigenvalue weighted by Gasteiger charge is 2.26. The lowest BCUT2D eigenvalue weighted by Gasteiger charge is -2.14. The van der Waals surface area contributed by atoms with E-state index in [2.05, 4.69) is 4.98 Å². The molecule has 1 saturated heterocycles. The number of methoxy groups -OCH3 is 1. The molecule has 0 spiro atoms. The molecule has 2 rings (SSSR count). The normalized spacial score (nSPS) is 23.1. The summed E-state index contributed by atoms with van der Waals surface area (Å²) in [4.78, 5) is 4.12. The fraction of sp³-hybridized carbons (Fsp3) is 0.500. The Morgan fingerprint density at radius 1 is 1.44 bits per heavy atom. The number of hydrogen-bond donors (Lipinski definition) is 1. The number of pyridine rings is 1. The number of aromatic nitrogens is 1. The van der Waals surface area contributed by atoms with Crippen LogP contribution in [0.2, 0.25) is 0 Å². The van der Waals surface area contributed by atoms with E-state index in [1.165, 1.54) is 0 Å². The summed E-state index contributed by atoms with van der Waals surface area (Å²) in [7, 11) is 1.60. The van der Waals surface area contributed by atoms with Gasteiger partial charge in [0.2, 0.25) is 5.88 Å². The zero-order valence-corrected chi connectivity index (χ0v) is 10.6. The summed E-state index contributed by atoms with van der Waals surface area (Å²) in [5.41, 5.74) is 6.92. The molecule has 1 aromatic rings. The van der Waals surface area contributed by atoms with Gasteiger partial charge in [0, 0.05) is 30.5 Å². The molecule has 1 aliphatic rings. The molecule has 0 saturated carbocycles. The molecular weight excluding hydrogens is 251 g/mol. The SMILES string of the molecule is COc1ccc([C@H]2OCC[C@@H]2N)cn1.Cl.Cl. The Kier molecular flexibility index (Phi) is 6.67. The van der Waals surface area contributed by atoms with Crippen molar-refractivity contribution >= 4 is 24.8 Å². The highest BCUT2D eigenvalue weighted by atomic mass is 35.5. The maximum atomic E-state index is 5.90. The number of nitrogens with zero attached hydrogens (tertiary/aromatic N) is 1. The summed E-state index contributed by atoms with van der Waals surface area (Å²) in [5.74, 6) is 0.611. The molecule has 92 valence electrons. The van der Waals surface area contributed by atoms with Crippen molar-refractivity contribution in [3.8, 4) is 5.88 Å². The smallest absolute Gasteiger partial charge is 0.212 e. The molecule has 0 aromatic carbocycles. The second-order valence-corrected chi connectivity index (χ2v) is 3.38. The number of hydrogen-bond acceptors (Lipinski definition) is 4. The summed E-state index contributed by atoms with van der Waals surface area (Å²) in [6.07, 6.45) is 2.67. The average Bonchev–Trinajstić information content (AvgIpc) is 2.65. The summed E-state index contributed by atoms with van der Waals surface area (Å²) in [6.45, 7) is 0.734. The Morgan fingerprint density at radius 2 is 2.19 bits per heavy atom. The van der Waals surface area contributed by atoms with E-state index < -0.39 is 0 Å². The monoisotopic (exact) mass is 266 g/mol. The molecule has 16 heavy (non-hydrogen) atoms. The summed E-state index contributed by atoms with van der Waals surface area (Å²) in [5, 5.41) is 0. The Morgan fingerprint density at radius 3 is 2.62 bits per heavy atom. The molecule has 6 heteroatoms. The van der Waals surface area contributed by atoms with E-state index in [-0.39, 0.29) is 37.0 Å². The van der Waals surface area contributed by atoms with Crippen molar-refractivity contribution in [1.29, 1.82) is 0 Å². The summed E-state index contributed by atoms with van der Waals surface area (Å²) < 4.78 is 10.5. The Bertz CT molecular complexity index is 308. The van der Waals surface area contributed by atoms with E-state index in [0.717, 1.165) is 18.6 Å². The second-order valence-electron chi connectivity index (χ2n) is 3.38. The topological polar surface area (TPSA) is 57.4 Å². The first-order chi connectivity index (χ1) is 6.81. The van der Waals surface area contributed by atoms with Crippen molar-refractivity contribution in [3.05, 3.63) is 23.9 Å². The minimum atomic E-state index is -0.00611. The van der Waals surface area contributed by atoms with Gasteiger partial charge in [0.25, 0.3) is 0 Å². The van der Waals surface area contributed by atoms with Crippen LogP contribution in [0, 0.1) is 0 Å². The molecule has 0 amide bonds. The van der Waals surface area contributed by atoms with Crippen molar-refractivity contribution < 1.29 is 9.47 Å². The Hall–Kier alpha value is -0.550. The van der Waals surface area contributed by atoms with Gasteiger partial charge in [-0.2, -0.15) is 0 Å². The van der Waals surface area contributed by atoms with Gasteiger partial charge in [-0.1, -0.05) is 0 Å². The molecule has 1 fully saturated rings. The highest BCUT2D eigenvalue weighted by molar-refractivity contribution is 5.85. The van der Waals surface area contributed by atoms with Gasteiger partial charge in [-0.3, -0.25) is 0 Å². The predicted octanol–water partition coefficient (Wildman–Crippen LogP) is 1.72. The lowest BCUT2D eigenvalue weighted by atomic mass is 10.1. The standard InChI is InChI=1S/C10H14N2O2.2ClH/c1-13-9-3-2-7(6-12-9)10-8(11)4-5-14-10;;/h2-3,6,8,10H,4-5,11H2,1H3;2*1H/t8-,10+;;/m0../s1. The third kappa shape index (κ3) is 3.22. The van der Waals surface area contributed by atoms with Gasteiger partial charge in [-0.05, 0) is 12.5 Å². The maximum absolute atomic E-state index is 5.90. The van der Waals surface area contributed by atoms with Crippen LogP contribution < -0.4 is 10.5 Å². The predicted molar refractivity (Wildman–Crippen MR) is 66.6 cm³/mol. The van der Waals surface area contributed by atoms with Crippen LogP contribution in [-0.4, -0.2) is 24.7 Å². The molecule has 2 N–H and O–H groups in total. The molecule has 2 atom stereocenters. The summed E-state index contributed by atoms with van der Waals surface area (Å²) >= 11 is 0. The molecule has 2 heterocycles. The van der Waals surface area contributed by atoms with Gasteiger partial charge in [0.05, 0.1) is 13.2 Å². The highest BCUT2D eigenvalue weighted by Crippen LogP contribution is 2.27. The van der Waals surface area contributed by atoms with Crippen molar-refractivity contribution in [3.63, 3.8) is 0 Å². The lowest BCUT2D eigenvalue weighted by Crippen LogP contribution is -2.23. The maximum Gasteiger partial charge on any atom is 0.212 e. The van der Waals surface area contributed by atoms with E-state index >= 15 is 0 Å². The van der Waals surface area contributed by atoms with Crippen molar-refractivity contribution in [1.82, 2.24) is 4.98 Å². The average molecular weight is 267 g/mol. The van der Waals surface area contributed by atoms with Gasteiger partial charge in [-0.25, -0.2) is 4.98 Å². The van der Waals surface area contributed by atoms with Crippen LogP contribution in [0.5, 0.6) is 5.88 Å². The molecular formula is C10H16Cl2N2O2. The molecule has 4 nitrogen and oxygen atoms in total. The Labute approximate surface area is 107 Å².